The number of nitrogens with zero attached hydrogens (tertiary/aromatic N) is 3. The van der Waals surface area contributed by atoms with E-state index in [0.29, 0.717) is 43.7 Å². The first-order valence-electron chi connectivity index (χ1n) is 9.60. The Morgan fingerprint density at radius 1 is 1.19 bits per heavy atom. The average molecular weight is 358 g/mol. The van der Waals surface area contributed by atoms with Crippen molar-refractivity contribution in [2.75, 3.05) is 44.2 Å². The lowest BCUT2D eigenvalue weighted by Gasteiger charge is -2.44. The number of nitro groups is 1. The number of hydrogen-bond acceptors (Lipinski definition) is 5. The monoisotopic (exact) mass is 358 g/mol. The number of nitrogens with one attached hydrogen (secondary N) is 1. The average Bonchev–Trinajstić information content (AvgIpc) is 3.13. The van der Waals surface area contributed by atoms with Crippen LogP contribution in [0.2, 0.25) is 0 Å². The summed E-state index contributed by atoms with van der Waals surface area (Å²) in [7, 11) is 0. The van der Waals surface area contributed by atoms with Gasteiger partial charge in [0.05, 0.1) is 10.3 Å². The molecule has 1 aromatic carbocycles. The van der Waals surface area contributed by atoms with E-state index in [2.05, 4.69) is 5.32 Å². The second-order valence-corrected chi connectivity index (χ2v) is 7.75. The first-order valence-corrected chi connectivity index (χ1v) is 9.60. The number of benzene rings is 1. The highest BCUT2D eigenvalue weighted by Gasteiger charge is 2.51. The lowest BCUT2D eigenvalue weighted by Crippen LogP contribution is -2.56. The number of piperazine rings is 1. The second kappa shape index (κ2) is 6.87. The molecule has 3 fully saturated rings. The van der Waals surface area contributed by atoms with Crippen LogP contribution < -0.4 is 10.2 Å². The smallest absolute Gasteiger partial charge is 0.292 e. The van der Waals surface area contributed by atoms with Gasteiger partial charge in [-0.15, -0.1) is 0 Å². The van der Waals surface area contributed by atoms with Crippen molar-refractivity contribution in [3.8, 4) is 0 Å². The molecule has 26 heavy (non-hydrogen) atoms. The minimum atomic E-state index is -0.331. The predicted molar refractivity (Wildman–Crippen MR) is 99.2 cm³/mol. The molecule has 1 N–H and O–H groups in total. The molecule has 1 aromatic rings. The van der Waals surface area contributed by atoms with Gasteiger partial charge in [-0.05, 0) is 31.4 Å². The van der Waals surface area contributed by atoms with Gasteiger partial charge in [0.15, 0.2) is 0 Å². The van der Waals surface area contributed by atoms with E-state index in [1.165, 1.54) is 6.42 Å². The highest BCUT2D eigenvalue weighted by atomic mass is 16.6. The maximum absolute atomic E-state index is 13.3. The van der Waals surface area contributed by atoms with Gasteiger partial charge in [-0.3, -0.25) is 14.9 Å². The summed E-state index contributed by atoms with van der Waals surface area (Å²) < 4.78 is 0. The summed E-state index contributed by atoms with van der Waals surface area (Å²) in [5, 5.41) is 14.7. The van der Waals surface area contributed by atoms with Gasteiger partial charge in [0.25, 0.3) is 5.69 Å². The van der Waals surface area contributed by atoms with Crippen LogP contribution in [0, 0.1) is 21.4 Å². The molecule has 1 amide bonds. The third kappa shape index (κ3) is 2.84. The molecule has 0 aromatic heterocycles. The van der Waals surface area contributed by atoms with E-state index in [-0.39, 0.29) is 16.0 Å². The van der Waals surface area contributed by atoms with Crippen molar-refractivity contribution in [2.45, 2.75) is 25.7 Å². The summed E-state index contributed by atoms with van der Waals surface area (Å²) in [6.07, 6.45) is 4.51. The van der Waals surface area contributed by atoms with Gasteiger partial charge < -0.3 is 15.1 Å². The van der Waals surface area contributed by atoms with Crippen molar-refractivity contribution in [3.05, 3.63) is 34.4 Å². The number of carbonyl (C=O) groups excluding carboxylic acids is 1. The number of fused-ring (bicyclic) bond motifs is 1. The third-order valence-corrected chi connectivity index (χ3v) is 6.45. The quantitative estimate of drug-likeness (QED) is 0.661. The minimum Gasteiger partial charge on any atom is -0.362 e. The number of hydrogen-bond donors (Lipinski definition) is 1. The zero-order valence-electron chi connectivity index (χ0n) is 15.0. The maximum atomic E-state index is 13.3. The molecule has 7 nitrogen and oxygen atoms in total. The Morgan fingerprint density at radius 2 is 1.96 bits per heavy atom. The molecule has 7 heteroatoms. The summed E-state index contributed by atoms with van der Waals surface area (Å²) in [6, 6.07) is 6.86. The summed E-state index contributed by atoms with van der Waals surface area (Å²) >= 11 is 0. The SMILES string of the molecule is O=C(N1CCN(c2ccccc2[N+](=O)[O-])CC1)[C@@]12CCCC[C@H]1CNC2. The van der Waals surface area contributed by atoms with Gasteiger partial charge in [0.2, 0.25) is 5.91 Å². The number of para-hydroxylation sites is 2. The fourth-order valence-corrected chi connectivity index (χ4v) is 5.02. The molecule has 1 saturated carbocycles. The zero-order chi connectivity index (χ0) is 18.1. The van der Waals surface area contributed by atoms with Crippen molar-refractivity contribution < 1.29 is 9.72 Å². The number of nitro benzene ring substituents is 1. The Hall–Kier alpha value is -2.15. The van der Waals surface area contributed by atoms with Gasteiger partial charge in [0, 0.05) is 38.8 Å². The number of amides is 1. The molecule has 2 aliphatic heterocycles. The Bertz CT molecular complexity index is 702. The molecular weight excluding hydrogens is 332 g/mol. The van der Waals surface area contributed by atoms with Gasteiger partial charge >= 0.3 is 0 Å². The molecule has 0 radical (unpaired) electrons. The lowest BCUT2D eigenvalue weighted by atomic mass is 9.67. The molecule has 2 saturated heterocycles. The van der Waals surface area contributed by atoms with Crippen LogP contribution in [0.5, 0.6) is 0 Å². The first-order chi connectivity index (χ1) is 12.6. The van der Waals surface area contributed by atoms with Crippen molar-refractivity contribution in [2.24, 2.45) is 11.3 Å². The highest BCUT2D eigenvalue weighted by molar-refractivity contribution is 5.84. The van der Waals surface area contributed by atoms with E-state index >= 15 is 0 Å². The van der Waals surface area contributed by atoms with E-state index in [1.807, 2.05) is 15.9 Å². The van der Waals surface area contributed by atoms with Crippen molar-refractivity contribution in [1.29, 1.82) is 0 Å². The maximum Gasteiger partial charge on any atom is 0.292 e. The van der Waals surface area contributed by atoms with Crippen LogP contribution in [0.1, 0.15) is 25.7 Å². The Morgan fingerprint density at radius 3 is 2.73 bits per heavy atom. The Kier molecular flexibility index (Phi) is 4.56. The van der Waals surface area contributed by atoms with Gasteiger partial charge in [-0.2, -0.15) is 0 Å². The van der Waals surface area contributed by atoms with Gasteiger partial charge in [-0.1, -0.05) is 25.0 Å². The van der Waals surface area contributed by atoms with Crippen LogP contribution in [-0.2, 0) is 4.79 Å². The zero-order valence-corrected chi connectivity index (χ0v) is 15.0. The summed E-state index contributed by atoms with van der Waals surface area (Å²) in [4.78, 5) is 28.3. The van der Waals surface area contributed by atoms with Crippen LogP contribution in [0.15, 0.2) is 24.3 Å². The fraction of sp³-hybridized carbons (Fsp3) is 0.632. The molecular formula is C19H26N4O3. The summed E-state index contributed by atoms with van der Waals surface area (Å²) in [5.74, 6) is 0.770. The van der Waals surface area contributed by atoms with Crippen molar-refractivity contribution in [3.63, 3.8) is 0 Å². The van der Waals surface area contributed by atoms with Crippen molar-refractivity contribution in [1.82, 2.24) is 10.2 Å². The second-order valence-electron chi connectivity index (χ2n) is 7.75. The highest BCUT2D eigenvalue weighted by Crippen LogP contribution is 2.45. The molecule has 0 bridgehead atoms. The molecule has 140 valence electrons. The van der Waals surface area contributed by atoms with Crippen LogP contribution in [0.3, 0.4) is 0 Å². The molecule has 0 spiro atoms. The number of rotatable bonds is 3. The van der Waals surface area contributed by atoms with Crippen LogP contribution in [0.4, 0.5) is 11.4 Å². The molecule has 3 aliphatic rings. The largest absolute Gasteiger partial charge is 0.362 e. The molecule has 2 heterocycles. The Balaban J connectivity index is 1.46. The molecule has 2 atom stereocenters. The van der Waals surface area contributed by atoms with Crippen LogP contribution in [0.25, 0.3) is 0 Å². The lowest BCUT2D eigenvalue weighted by molar-refractivity contribution is -0.384. The standard InChI is InChI=1S/C19H26N4O3/c24-18(19-8-4-3-5-15(19)13-20-14-19)22-11-9-21(10-12-22)16-6-1-2-7-17(16)23(25)26/h1-2,6-7,15,20H,3-5,8-14H2/t15-,19+/m0/s1. The van der Waals surface area contributed by atoms with Gasteiger partial charge in [0.1, 0.15) is 5.69 Å². The topological polar surface area (TPSA) is 78.7 Å². The van der Waals surface area contributed by atoms with E-state index in [1.54, 1.807) is 18.2 Å². The van der Waals surface area contributed by atoms with Gasteiger partial charge in [-0.25, -0.2) is 0 Å². The number of carbonyl (C=O) groups is 1. The molecule has 1 aliphatic carbocycles. The summed E-state index contributed by atoms with van der Waals surface area (Å²) in [5.41, 5.74) is 0.582. The van der Waals surface area contributed by atoms with Crippen LogP contribution >= 0.6 is 0 Å². The van der Waals surface area contributed by atoms with E-state index in [4.69, 9.17) is 0 Å². The first kappa shape index (κ1) is 17.3. The van der Waals surface area contributed by atoms with Crippen LogP contribution in [-0.4, -0.2) is 55.0 Å². The normalized spacial score (nSPS) is 28.7. The molecule has 0 unspecified atom stereocenters. The van der Waals surface area contributed by atoms with E-state index in [0.717, 1.165) is 32.4 Å². The van der Waals surface area contributed by atoms with Crippen molar-refractivity contribution >= 4 is 17.3 Å². The van der Waals surface area contributed by atoms with E-state index < -0.39 is 0 Å². The Labute approximate surface area is 153 Å². The summed E-state index contributed by atoms with van der Waals surface area (Å²) in [6.45, 7) is 4.33. The minimum absolute atomic E-state index is 0.137. The molecule has 4 rings (SSSR count). The third-order valence-electron chi connectivity index (χ3n) is 6.45. The number of anilines is 1. The van der Waals surface area contributed by atoms with E-state index in [9.17, 15) is 14.9 Å². The predicted octanol–water partition coefficient (Wildman–Crippen LogP) is 2.02. The fourth-order valence-electron chi connectivity index (χ4n) is 5.02.